The van der Waals surface area contributed by atoms with Gasteiger partial charge in [-0.25, -0.2) is 19.6 Å². The molecule has 0 fully saturated rings. The lowest BCUT2D eigenvalue weighted by Gasteiger charge is -2.03. The second kappa shape index (κ2) is 6.60. The zero-order chi connectivity index (χ0) is 18.0. The molecular weight excluding hydrogens is 323 g/mol. The number of hydrogen-bond donors (Lipinski definition) is 1. The average molecular weight is 338 g/mol. The molecule has 126 valence electrons. The first kappa shape index (κ1) is 16.4. The third kappa shape index (κ3) is 3.74. The standard InChI is InChI=1S/C17H15FN6O/c1-10-3-11(2)5-12(4-10)16-22-9-24(23-16)8-14(15(19)25)13-6-20-17(18)21-7-13/h3-9H,1-2H3,(H2,19,25)/b14-8+. The van der Waals surface area contributed by atoms with Gasteiger partial charge in [0.25, 0.3) is 5.91 Å². The molecule has 1 aromatic carbocycles. The van der Waals surface area contributed by atoms with E-state index < -0.39 is 12.0 Å². The zero-order valence-corrected chi connectivity index (χ0v) is 13.6. The van der Waals surface area contributed by atoms with Crippen molar-refractivity contribution in [2.75, 3.05) is 0 Å². The minimum atomic E-state index is -0.884. The lowest BCUT2D eigenvalue weighted by molar-refractivity contribution is -0.112. The van der Waals surface area contributed by atoms with Crippen molar-refractivity contribution in [1.29, 1.82) is 0 Å². The molecule has 0 saturated heterocycles. The molecule has 0 radical (unpaired) electrons. The SMILES string of the molecule is Cc1cc(C)cc(-c2ncn(/C=C(/C(N)=O)c3cnc(F)nc3)n2)c1. The summed E-state index contributed by atoms with van der Waals surface area (Å²) < 4.78 is 14.2. The van der Waals surface area contributed by atoms with Crippen molar-refractivity contribution >= 4 is 17.7 Å². The minimum Gasteiger partial charge on any atom is -0.366 e. The predicted molar refractivity (Wildman–Crippen MR) is 90.3 cm³/mol. The van der Waals surface area contributed by atoms with Gasteiger partial charge < -0.3 is 5.73 Å². The van der Waals surface area contributed by atoms with Gasteiger partial charge in [-0.3, -0.25) is 4.79 Å². The molecule has 25 heavy (non-hydrogen) atoms. The number of benzene rings is 1. The number of carbonyl (C=O) groups excluding carboxylic acids is 1. The van der Waals surface area contributed by atoms with Crippen LogP contribution in [0.5, 0.6) is 0 Å². The van der Waals surface area contributed by atoms with Crippen LogP contribution in [0, 0.1) is 19.9 Å². The van der Waals surface area contributed by atoms with Crippen LogP contribution in [0.3, 0.4) is 0 Å². The smallest absolute Gasteiger partial charge is 0.308 e. The van der Waals surface area contributed by atoms with Crippen LogP contribution in [-0.2, 0) is 4.79 Å². The molecule has 1 amide bonds. The Bertz CT molecular complexity index is 941. The average Bonchev–Trinajstić information content (AvgIpc) is 3.01. The Morgan fingerprint density at radius 2 is 1.76 bits per heavy atom. The van der Waals surface area contributed by atoms with Gasteiger partial charge in [-0.15, -0.1) is 5.10 Å². The highest BCUT2D eigenvalue weighted by Gasteiger charge is 2.12. The van der Waals surface area contributed by atoms with Crippen LogP contribution in [0.4, 0.5) is 4.39 Å². The fourth-order valence-corrected chi connectivity index (χ4v) is 2.44. The molecule has 2 N–H and O–H groups in total. The third-order valence-electron chi connectivity index (χ3n) is 3.45. The molecule has 0 aliphatic carbocycles. The van der Waals surface area contributed by atoms with Gasteiger partial charge in [0, 0.05) is 29.7 Å². The second-order valence-corrected chi connectivity index (χ2v) is 5.57. The number of aryl methyl sites for hydroxylation is 2. The van der Waals surface area contributed by atoms with Gasteiger partial charge in [-0.05, 0) is 26.0 Å². The molecule has 3 aromatic rings. The quantitative estimate of drug-likeness (QED) is 0.579. The number of carbonyl (C=O) groups is 1. The van der Waals surface area contributed by atoms with Gasteiger partial charge in [0.2, 0.25) is 0 Å². The summed E-state index contributed by atoms with van der Waals surface area (Å²) >= 11 is 0. The number of halogens is 1. The number of nitrogens with zero attached hydrogens (tertiary/aromatic N) is 5. The largest absolute Gasteiger partial charge is 0.366 e. The summed E-state index contributed by atoms with van der Waals surface area (Å²) in [5, 5.41) is 4.33. The number of hydrogen-bond acceptors (Lipinski definition) is 5. The van der Waals surface area contributed by atoms with Gasteiger partial charge in [0.05, 0.1) is 5.57 Å². The number of amides is 1. The van der Waals surface area contributed by atoms with E-state index >= 15 is 0 Å². The molecule has 0 aliphatic heterocycles. The van der Waals surface area contributed by atoms with E-state index in [0.717, 1.165) is 16.7 Å². The fourth-order valence-electron chi connectivity index (χ4n) is 2.44. The Hall–Kier alpha value is -3.42. The Balaban J connectivity index is 1.98. The van der Waals surface area contributed by atoms with Crippen LogP contribution >= 0.6 is 0 Å². The van der Waals surface area contributed by atoms with Gasteiger partial charge in [0.1, 0.15) is 6.33 Å². The van der Waals surface area contributed by atoms with Crippen molar-refractivity contribution in [3.63, 3.8) is 0 Å². The number of nitrogens with two attached hydrogens (primary N) is 1. The molecule has 0 spiro atoms. The van der Waals surface area contributed by atoms with Gasteiger partial charge >= 0.3 is 6.08 Å². The maximum Gasteiger partial charge on any atom is 0.308 e. The minimum absolute atomic E-state index is 0.0943. The lowest BCUT2D eigenvalue weighted by Crippen LogP contribution is -2.14. The Morgan fingerprint density at radius 3 is 2.36 bits per heavy atom. The molecule has 2 heterocycles. The first-order valence-corrected chi connectivity index (χ1v) is 7.42. The molecule has 2 aromatic heterocycles. The van der Waals surface area contributed by atoms with Crippen LogP contribution in [0.2, 0.25) is 0 Å². The summed E-state index contributed by atoms with van der Waals surface area (Å²) in [6.45, 7) is 3.99. The van der Waals surface area contributed by atoms with Crippen molar-refractivity contribution in [2.24, 2.45) is 5.73 Å². The maximum absolute atomic E-state index is 12.8. The van der Waals surface area contributed by atoms with Crippen molar-refractivity contribution in [3.8, 4) is 11.4 Å². The van der Waals surface area contributed by atoms with E-state index in [4.69, 9.17) is 5.73 Å². The van der Waals surface area contributed by atoms with Gasteiger partial charge in [0.15, 0.2) is 5.82 Å². The number of rotatable bonds is 4. The van der Waals surface area contributed by atoms with Crippen LogP contribution < -0.4 is 5.73 Å². The van der Waals surface area contributed by atoms with E-state index in [9.17, 15) is 9.18 Å². The Morgan fingerprint density at radius 1 is 1.12 bits per heavy atom. The normalized spacial score (nSPS) is 11.6. The van der Waals surface area contributed by atoms with Crippen LogP contribution in [0.1, 0.15) is 16.7 Å². The number of aromatic nitrogens is 5. The van der Waals surface area contributed by atoms with Crippen LogP contribution in [0.25, 0.3) is 23.2 Å². The molecule has 8 heteroatoms. The second-order valence-electron chi connectivity index (χ2n) is 5.57. The van der Waals surface area contributed by atoms with E-state index in [2.05, 4.69) is 26.1 Å². The number of primary amides is 1. The zero-order valence-electron chi connectivity index (χ0n) is 13.6. The lowest BCUT2D eigenvalue weighted by atomic mass is 10.1. The highest BCUT2D eigenvalue weighted by Crippen LogP contribution is 2.19. The third-order valence-corrected chi connectivity index (χ3v) is 3.45. The van der Waals surface area contributed by atoms with E-state index in [-0.39, 0.29) is 11.1 Å². The molecule has 0 atom stereocenters. The molecule has 7 nitrogen and oxygen atoms in total. The summed E-state index contributed by atoms with van der Waals surface area (Å²) in [6.07, 6.45) is 4.34. The molecule has 0 saturated carbocycles. The maximum atomic E-state index is 12.8. The van der Waals surface area contributed by atoms with Crippen molar-refractivity contribution < 1.29 is 9.18 Å². The van der Waals surface area contributed by atoms with Crippen LogP contribution in [-0.4, -0.2) is 30.6 Å². The monoisotopic (exact) mass is 338 g/mol. The van der Waals surface area contributed by atoms with Crippen molar-refractivity contribution in [2.45, 2.75) is 13.8 Å². The topological polar surface area (TPSA) is 99.6 Å². The van der Waals surface area contributed by atoms with Gasteiger partial charge in [-0.1, -0.05) is 17.2 Å². The Kier molecular flexibility index (Phi) is 4.34. The summed E-state index contributed by atoms with van der Waals surface area (Å²) in [5.41, 5.74) is 8.85. The summed E-state index contributed by atoms with van der Waals surface area (Å²) in [4.78, 5) is 22.8. The van der Waals surface area contributed by atoms with E-state index in [1.807, 2.05) is 26.0 Å². The summed E-state index contributed by atoms with van der Waals surface area (Å²) in [5.74, 6) is -0.194. The van der Waals surface area contributed by atoms with Crippen LogP contribution in [0.15, 0.2) is 36.9 Å². The fraction of sp³-hybridized carbons (Fsp3) is 0.118. The highest BCUT2D eigenvalue weighted by atomic mass is 19.1. The Labute approximate surface area is 143 Å². The molecule has 0 bridgehead atoms. The molecular formula is C17H15FN6O. The van der Waals surface area contributed by atoms with Crippen molar-refractivity contribution in [3.05, 3.63) is 59.7 Å². The predicted octanol–water partition coefficient (Wildman–Crippen LogP) is 1.97. The molecule has 0 aliphatic rings. The molecule has 3 rings (SSSR count). The van der Waals surface area contributed by atoms with Gasteiger partial charge in [-0.2, -0.15) is 4.39 Å². The first-order chi connectivity index (χ1) is 11.9. The first-order valence-electron chi connectivity index (χ1n) is 7.42. The van der Waals surface area contributed by atoms with Crippen molar-refractivity contribution in [1.82, 2.24) is 24.7 Å². The summed E-state index contributed by atoms with van der Waals surface area (Å²) in [6, 6.07) is 6.00. The van der Waals surface area contributed by atoms with E-state index in [1.165, 1.54) is 29.6 Å². The molecule has 0 unspecified atom stereocenters. The summed E-state index contributed by atoms with van der Waals surface area (Å²) in [7, 11) is 0. The highest BCUT2D eigenvalue weighted by molar-refractivity contribution is 6.22. The van der Waals surface area contributed by atoms with E-state index in [1.54, 1.807) is 0 Å². The van der Waals surface area contributed by atoms with E-state index in [0.29, 0.717) is 5.82 Å².